The second-order valence-corrected chi connectivity index (χ2v) is 6.02. The Balaban J connectivity index is 2.40. The molecule has 4 heteroatoms. The van der Waals surface area contributed by atoms with Gasteiger partial charge in [-0.3, -0.25) is 0 Å². The van der Waals surface area contributed by atoms with Crippen molar-refractivity contribution in [3.05, 3.63) is 45.0 Å². The van der Waals surface area contributed by atoms with Crippen LogP contribution in [-0.2, 0) is 24.0 Å². The average Bonchev–Trinajstić information content (AvgIpc) is 2.96. The summed E-state index contributed by atoms with van der Waals surface area (Å²) in [4.78, 5) is 18.9. The first-order valence-electron chi connectivity index (χ1n) is 8.48. The van der Waals surface area contributed by atoms with Crippen LogP contribution in [0.4, 0.5) is 0 Å². The van der Waals surface area contributed by atoms with Gasteiger partial charge in [0.1, 0.15) is 5.69 Å². The first-order valence-corrected chi connectivity index (χ1v) is 8.48. The molecular formula is C19H28N2O2. The molecule has 0 amide bonds. The number of hydrogen-bond donors (Lipinski definition) is 2. The predicted molar refractivity (Wildman–Crippen MR) is 93.3 cm³/mol. The summed E-state index contributed by atoms with van der Waals surface area (Å²) in [5.74, 6) is -0.264. The van der Waals surface area contributed by atoms with Crippen LogP contribution in [0.5, 0.6) is 0 Å². The SMILES string of the molecule is CCOC(=O)c1[nH]c(Cc2[nH]c(C)c(CC)c2C)c(CC)c1C. The van der Waals surface area contributed by atoms with Crippen LogP contribution in [0.3, 0.4) is 0 Å². The van der Waals surface area contributed by atoms with E-state index in [1.54, 1.807) is 0 Å². The Morgan fingerprint density at radius 1 is 0.913 bits per heavy atom. The summed E-state index contributed by atoms with van der Waals surface area (Å²) in [6, 6.07) is 0. The topological polar surface area (TPSA) is 57.9 Å². The molecule has 23 heavy (non-hydrogen) atoms. The normalized spacial score (nSPS) is 11.0. The molecule has 0 aliphatic rings. The third-order valence-corrected chi connectivity index (χ3v) is 4.70. The first-order chi connectivity index (χ1) is 10.9. The largest absolute Gasteiger partial charge is 0.461 e. The van der Waals surface area contributed by atoms with Gasteiger partial charge >= 0.3 is 5.97 Å². The van der Waals surface area contributed by atoms with E-state index in [9.17, 15) is 4.79 Å². The Hall–Kier alpha value is -1.97. The van der Waals surface area contributed by atoms with Gasteiger partial charge in [-0.2, -0.15) is 0 Å². The van der Waals surface area contributed by atoms with Crippen molar-refractivity contribution in [2.75, 3.05) is 6.61 Å². The zero-order chi connectivity index (χ0) is 17.1. The molecule has 0 radical (unpaired) electrons. The van der Waals surface area contributed by atoms with E-state index in [2.05, 4.69) is 37.7 Å². The summed E-state index contributed by atoms with van der Waals surface area (Å²) in [6.07, 6.45) is 2.72. The van der Waals surface area contributed by atoms with Crippen molar-refractivity contribution in [3.63, 3.8) is 0 Å². The summed E-state index contributed by atoms with van der Waals surface area (Å²) in [5, 5.41) is 0. The monoisotopic (exact) mass is 316 g/mol. The third-order valence-electron chi connectivity index (χ3n) is 4.70. The lowest BCUT2D eigenvalue weighted by molar-refractivity contribution is 0.0519. The Kier molecular flexibility index (Phi) is 5.34. The van der Waals surface area contributed by atoms with Crippen molar-refractivity contribution in [3.8, 4) is 0 Å². The van der Waals surface area contributed by atoms with E-state index in [-0.39, 0.29) is 5.97 Å². The highest BCUT2D eigenvalue weighted by molar-refractivity contribution is 5.89. The zero-order valence-corrected chi connectivity index (χ0v) is 15.1. The number of aromatic nitrogens is 2. The average molecular weight is 316 g/mol. The molecule has 2 rings (SSSR count). The fourth-order valence-electron chi connectivity index (χ4n) is 3.48. The molecule has 0 atom stereocenters. The van der Waals surface area contributed by atoms with E-state index < -0.39 is 0 Å². The number of aryl methyl sites for hydroxylation is 1. The molecule has 2 aromatic heterocycles. The number of nitrogens with one attached hydrogen (secondary N) is 2. The highest BCUT2D eigenvalue weighted by atomic mass is 16.5. The van der Waals surface area contributed by atoms with Crippen molar-refractivity contribution in [2.45, 2.75) is 60.8 Å². The van der Waals surface area contributed by atoms with Crippen molar-refractivity contribution in [2.24, 2.45) is 0 Å². The Labute approximate surface area is 138 Å². The van der Waals surface area contributed by atoms with Gasteiger partial charge in [0, 0.05) is 23.5 Å². The molecule has 0 aliphatic carbocycles. The minimum absolute atomic E-state index is 0.264. The lowest BCUT2D eigenvalue weighted by Gasteiger charge is -2.04. The lowest BCUT2D eigenvalue weighted by atomic mass is 10.0. The van der Waals surface area contributed by atoms with Crippen LogP contribution in [0.25, 0.3) is 0 Å². The molecule has 0 bridgehead atoms. The summed E-state index contributed by atoms with van der Waals surface area (Å²) >= 11 is 0. The summed E-state index contributed by atoms with van der Waals surface area (Å²) in [7, 11) is 0. The van der Waals surface area contributed by atoms with Crippen molar-refractivity contribution < 1.29 is 9.53 Å². The Morgan fingerprint density at radius 2 is 1.57 bits per heavy atom. The van der Waals surface area contributed by atoms with Crippen LogP contribution in [0, 0.1) is 20.8 Å². The van der Waals surface area contributed by atoms with Gasteiger partial charge in [0.2, 0.25) is 0 Å². The van der Waals surface area contributed by atoms with Crippen molar-refractivity contribution in [1.29, 1.82) is 0 Å². The van der Waals surface area contributed by atoms with Gasteiger partial charge in [-0.05, 0) is 62.8 Å². The number of hydrogen-bond acceptors (Lipinski definition) is 2. The number of ether oxygens (including phenoxy) is 1. The molecule has 0 fully saturated rings. The third kappa shape index (κ3) is 3.21. The molecule has 4 nitrogen and oxygen atoms in total. The molecule has 0 aromatic carbocycles. The second-order valence-electron chi connectivity index (χ2n) is 6.02. The molecule has 0 unspecified atom stereocenters. The molecule has 2 aromatic rings. The quantitative estimate of drug-likeness (QED) is 0.786. The van der Waals surface area contributed by atoms with E-state index in [0.29, 0.717) is 12.3 Å². The maximum absolute atomic E-state index is 12.1. The van der Waals surface area contributed by atoms with Crippen LogP contribution < -0.4 is 0 Å². The number of H-pyrrole nitrogens is 2. The molecule has 2 N–H and O–H groups in total. The van der Waals surface area contributed by atoms with Gasteiger partial charge < -0.3 is 14.7 Å². The highest BCUT2D eigenvalue weighted by Gasteiger charge is 2.20. The molecule has 126 valence electrons. The summed E-state index contributed by atoms with van der Waals surface area (Å²) < 4.78 is 5.16. The van der Waals surface area contributed by atoms with E-state index in [4.69, 9.17) is 4.74 Å². The summed E-state index contributed by atoms with van der Waals surface area (Å²) in [5.41, 5.74) is 9.13. The molecule has 0 aliphatic heterocycles. The van der Waals surface area contributed by atoms with Crippen molar-refractivity contribution in [1.82, 2.24) is 9.97 Å². The standard InChI is InChI=1S/C19H28N2O2/c1-7-14-11(4)16(20-13(14)6)10-17-15(8-2)12(5)18(21-17)19(22)23-9-3/h20-21H,7-10H2,1-6H3. The molecule has 0 spiro atoms. The number of carbonyl (C=O) groups is 1. The van der Waals surface area contributed by atoms with Crippen LogP contribution >= 0.6 is 0 Å². The Morgan fingerprint density at radius 3 is 2.09 bits per heavy atom. The zero-order valence-electron chi connectivity index (χ0n) is 15.1. The number of aromatic amines is 2. The lowest BCUT2D eigenvalue weighted by Crippen LogP contribution is -2.06. The fourth-order valence-corrected chi connectivity index (χ4v) is 3.48. The Bertz CT molecular complexity index is 708. The van der Waals surface area contributed by atoms with Gasteiger partial charge in [-0.1, -0.05) is 13.8 Å². The van der Waals surface area contributed by atoms with Crippen molar-refractivity contribution >= 4 is 5.97 Å². The van der Waals surface area contributed by atoms with E-state index in [0.717, 1.165) is 30.5 Å². The molecule has 0 saturated heterocycles. The number of esters is 1. The van der Waals surface area contributed by atoms with Gasteiger partial charge in [-0.25, -0.2) is 4.79 Å². The van der Waals surface area contributed by atoms with Crippen LogP contribution in [-0.4, -0.2) is 22.5 Å². The maximum Gasteiger partial charge on any atom is 0.355 e. The van der Waals surface area contributed by atoms with Gasteiger partial charge in [-0.15, -0.1) is 0 Å². The summed E-state index contributed by atoms with van der Waals surface area (Å²) in [6.45, 7) is 12.8. The van der Waals surface area contributed by atoms with Crippen LogP contribution in [0.15, 0.2) is 0 Å². The van der Waals surface area contributed by atoms with Gasteiger partial charge in [0.05, 0.1) is 6.61 Å². The number of carbonyl (C=O) groups excluding carboxylic acids is 1. The van der Waals surface area contributed by atoms with Crippen LogP contribution in [0.1, 0.15) is 70.6 Å². The number of rotatable bonds is 6. The van der Waals surface area contributed by atoms with E-state index >= 15 is 0 Å². The second kappa shape index (κ2) is 7.07. The highest BCUT2D eigenvalue weighted by Crippen LogP contribution is 2.25. The molecule has 0 saturated carbocycles. The molecule has 2 heterocycles. The minimum Gasteiger partial charge on any atom is -0.461 e. The fraction of sp³-hybridized carbons (Fsp3) is 0.526. The first kappa shape index (κ1) is 17.4. The predicted octanol–water partition coefficient (Wildman–Crippen LogP) is 4.16. The van der Waals surface area contributed by atoms with E-state index in [1.807, 2.05) is 13.8 Å². The smallest absolute Gasteiger partial charge is 0.355 e. The maximum atomic E-state index is 12.1. The minimum atomic E-state index is -0.264. The molecular weight excluding hydrogens is 288 g/mol. The van der Waals surface area contributed by atoms with Gasteiger partial charge in [0.15, 0.2) is 0 Å². The van der Waals surface area contributed by atoms with Crippen LogP contribution in [0.2, 0.25) is 0 Å². The van der Waals surface area contributed by atoms with Gasteiger partial charge in [0.25, 0.3) is 0 Å². The van der Waals surface area contributed by atoms with E-state index in [1.165, 1.54) is 28.1 Å².